The number of hydrogen-bond acceptors (Lipinski definition) is 6. The third-order valence-electron chi connectivity index (χ3n) is 4.72. The van der Waals surface area contributed by atoms with Crippen LogP contribution in [-0.4, -0.2) is 21.4 Å². The average molecular weight is 350 g/mol. The molecule has 4 rings (SSSR count). The highest BCUT2D eigenvalue weighted by Gasteiger charge is 2.22. The number of non-ortho nitro benzene ring substituents is 2. The van der Waals surface area contributed by atoms with Crippen LogP contribution in [0.5, 0.6) is 0 Å². The maximum Gasteiger partial charge on any atom is 0.278 e. The number of hydrogen-bond donors (Lipinski definition) is 0. The highest BCUT2D eigenvalue weighted by Crippen LogP contribution is 2.35. The van der Waals surface area contributed by atoms with Crippen LogP contribution in [0.2, 0.25) is 0 Å². The molecule has 2 aromatic carbocycles. The normalized spacial score (nSPS) is 13.5. The minimum Gasteiger partial charge on any atom is -0.366 e. The van der Waals surface area contributed by atoms with E-state index in [1.54, 1.807) is 24.4 Å². The molecule has 2 heterocycles. The van der Waals surface area contributed by atoms with E-state index in [4.69, 9.17) is 0 Å². The van der Waals surface area contributed by atoms with Crippen molar-refractivity contribution in [1.29, 1.82) is 0 Å². The lowest BCUT2D eigenvalue weighted by molar-refractivity contribution is -0.384. The lowest BCUT2D eigenvalue weighted by Gasteiger charge is -2.31. The van der Waals surface area contributed by atoms with Gasteiger partial charge in [0.1, 0.15) is 0 Å². The summed E-state index contributed by atoms with van der Waals surface area (Å²) in [5.74, 6) is 0. The topological polar surface area (TPSA) is 102 Å². The number of aromatic nitrogens is 1. The average Bonchev–Trinajstić information content (AvgIpc) is 2.66. The van der Waals surface area contributed by atoms with Crippen molar-refractivity contribution in [2.24, 2.45) is 0 Å². The Morgan fingerprint density at radius 3 is 2.58 bits per heavy atom. The largest absolute Gasteiger partial charge is 0.366 e. The van der Waals surface area contributed by atoms with E-state index in [-0.39, 0.29) is 11.4 Å². The molecule has 0 saturated heterocycles. The number of nitrogens with zero attached hydrogens (tertiary/aromatic N) is 4. The second kappa shape index (κ2) is 6.07. The van der Waals surface area contributed by atoms with E-state index in [9.17, 15) is 20.2 Å². The molecule has 8 heteroatoms. The fourth-order valence-corrected chi connectivity index (χ4v) is 3.46. The Bertz CT molecular complexity index is 1050. The Labute approximate surface area is 148 Å². The summed E-state index contributed by atoms with van der Waals surface area (Å²) < 4.78 is 0. The van der Waals surface area contributed by atoms with Gasteiger partial charge in [-0.25, -0.2) is 0 Å². The Morgan fingerprint density at radius 2 is 1.81 bits per heavy atom. The Hall–Kier alpha value is -3.55. The van der Waals surface area contributed by atoms with E-state index >= 15 is 0 Å². The summed E-state index contributed by atoms with van der Waals surface area (Å²) in [6.45, 7) is 1.26. The van der Waals surface area contributed by atoms with Crippen molar-refractivity contribution in [3.8, 4) is 0 Å². The van der Waals surface area contributed by atoms with Crippen molar-refractivity contribution in [3.63, 3.8) is 0 Å². The van der Waals surface area contributed by atoms with Gasteiger partial charge in [0.25, 0.3) is 11.4 Å². The lowest BCUT2D eigenvalue weighted by Crippen LogP contribution is -2.30. The molecule has 130 valence electrons. The first-order valence-electron chi connectivity index (χ1n) is 8.07. The summed E-state index contributed by atoms with van der Waals surface area (Å²) >= 11 is 0. The highest BCUT2D eigenvalue weighted by molar-refractivity contribution is 5.99. The van der Waals surface area contributed by atoms with Gasteiger partial charge in [0, 0.05) is 54.8 Å². The van der Waals surface area contributed by atoms with Gasteiger partial charge >= 0.3 is 0 Å². The molecule has 0 N–H and O–H groups in total. The van der Waals surface area contributed by atoms with E-state index in [1.165, 1.54) is 18.3 Å². The first-order valence-corrected chi connectivity index (χ1v) is 8.07. The zero-order chi connectivity index (χ0) is 18.3. The van der Waals surface area contributed by atoms with Gasteiger partial charge < -0.3 is 4.90 Å². The fraction of sp³-hybridized carbons (Fsp3) is 0.167. The van der Waals surface area contributed by atoms with Crippen LogP contribution in [0.15, 0.2) is 48.8 Å². The Morgan fingerprint density at radius 1 is 0.962 bits per heavy atom. The first kappa shape index (κ1) is 15.9. The van der Waals surface area contributed by atoms with Crippen LogP contribution in [0.25, 0.3) is 10.8 Å². The molecular weight excluding hydrogens is 336 g/mol. The first-order chi connectivity index (χ1) is 12.5. The Balaban J connectivity index is 1.78. The van der Waals surface area contributed by atoms with Gasteiger partial charge in [0.15, 0.2) is 0 Å². The third kappa shape index (κ3) is 2.61. The van der Waals surface area contributed by atoms with Crippen LogP contribution in [0.1, 0.15) is 11.1 Å². The summed E-state index contributed by atoms with van der Waals surface area (Å²) in [6, 6.07) is 9.94. The molecule has 0 unspecified atom stereocenters. The van der Waals surface area contributed by atoms with Crippen molar-refractivity contribution in [2.75, 3.05) is 11.4 Å². The van der Waals surface area contributed by atoms with Crippen molar-refractivity contribution in [3.05, 3.63) is 80.1 Å². The minimum atomic E-state index is -0.414. The predicted octanol–water partition coefficient (Wildman–Crippen LogP) is 3.61. The SMILES string of the molecule is O=[N+]([O-])c1ccc2c(c1)CN(c1ccc([N+](=O)[O-])c3cnccc13)CC2. The van der Waals surface area contributed by atoms with Gasteiger partial charge in [-0.1, -0.05) is 6.07 Å². The van der Waals surface area contributed by atoms with Crippen molar-refractivity contribution < 1.29 is 9.85 Å². The lowest BCUT2D eigenvalue weighted by atomic mass is 9.97. The molecule has 0 fully saturated rings. The van der Waals surface area contributed by atoms with E-state index in [2.05, 4.69) is 9.88 Å². The van der Waals surface area contributed by atoms with E-state index in [0.717, 1.165) is 35.2 Å². The number of anilines is 1. The monoisotopic (exact) mass is 350 g/mol. The number of nitro groups is 2. The summed E-state index contributed by atoms with van der Waals surface area (Å²) in [4.78, 5) is 27.6. The molecule has 0 bridgehead atoms. The number of rotatable bonds is 3. The second-order valence-corrected chi connectivity index (χ2v) is 6.16. The minimum absolute atomic E-state index is 0.0184. The van der Waals surface area contributed by atoms with Crippen LogP contribution < -0.4 is 4.90 Å². The van der Waals surface area contributed by atoms with Crippen LogP contribution in [0.4, 0.5) is 17.1 Å². The van der Waals surface area contributed by atoms with E-state index in [0.29, 0.717) is 11.9 Å². The van der Waals surface area contributed by atoms with E-state index < -0.39 is 9.85 Å². The standard InChI is InChI=1S/C18H14N4O4/c23-21(24)14-2-1-12-6-8-20(11-13(12)9-14)17-3-4-18(22(25)26)16-10-19-7-5-15(16)17/h1-5,7,9-10H,6,8,11H2. The fourth-order valence-electron chi connectivity index (χ4n) is 3.46. The summed E-state index contributed by atoms with van der Waals surface area (Å²) in [5.41, 5.74) is 2.96. The van der Waals surface area contributed by atoms with Crippen molar-refractivity contribution in [1.82, 2.24) is 4.98 Å². The number of fused-ring (bicyclic) bond motifs is 2. The van der Waals surface area contributed by atoms with Gasteiger partial charge in [0.05, 0.1) is 15.2 Å². The van der Waals surface area contributed by atoms with Gasteiger partial charge in [-0.05, 0) is 29.7 Å². The molecule has 1 aromatic heterocycles. The number of pyridine rings is 1. The van der Waals surface area contributed by atoms with Crippen molar-refractivity contribution >= 4 is 27.8 Å². The zero-order valence-electron chi connectivity index (χ0n) is 13.7. The predicted molar refractivity (Wildman–Crippen MR) is 96.2 cm³/mol. The maximum absolute atomic E-state index is 11.3. The highest BCUT2D eigenvalue weighted by atomic mass is 16.6. The van der Waals surface area contributed by atoms with Gasteiger partial charge in [-0.2, -0.15) is 0 Å². The second-order valence-electron chi connectivity index (χ2n) is 6.16. The van der Waals surface area contributed by atoms with Gasteiger partial charge in [-0.3, -0.25) is 25.2 Å². The molecular formula is C18H14N4O4. The molecule has 3 aromatic rings. The smallest absolute Gasteiger partial charge is 0.278 e. The molecule has 0 aliphatic carbocycles. The molecule has 1 aliphatic rings. The van der Waals surface area contributed by atoms with Gasteiger partial charge in [0.2, 0.25) is 0 Å². The quantitative estimate of drug-likeness (QED) is 0.528. The molecule has 0 saturated carbocycles. The van der Waals surface area contributed by atoms with Gasteiger partial charge in [-0.15, -0.1) is 0 Å². The molecule has 0 radical (unpaired) electrons. The molecule has 0 atom stereocenters. The zero-order valence-corrected chi connectivity index (χ0v) is 13.7. The molecule has 1 aliphatic heterocycles. The number of nitro benzene ring substituents is 2. The summed E-state index contributed by atoms with van der Waals surface area (Å²) in [5, 5.41) is 23.5. The summed E-state index contributed by atoms with van der Waals surface area (Å²) in [7, 11) is 0. The van der Waals surface area contributed by atoms with E-state index in [1.807, 2.05) is 6.07 Å². The molecule has 0 spiro atoms. The molecule has 0 amide bonds. The summed E-state index contributed by atoms with van der Waals surface area (Å²) in [6.07, 6.45) is 3.87. The van der Waals surface area contributed by atoms with Crippen LogP contribution in [0, 0.1) is 20.2 Å². The number of benzene rings is 2. The van der Waals surface area contributed by atoms with Crippen LogP contribution in [-0.2, 0) is 13.0 Å². The van der Waals surface area contributed by atoms with Crippen LogP contribution in [0.3, 0.4) is 0 Å². The third-order valence-corrected chi connectivity index (χ3v) is 4.72. The molecule has 26 heavy (non-hydrogen) atoms. The Kier molecular flexibility index (Phi) is 3.72. The van der Waals surface area contributed by atoms with Crippen molar-refractivity contribution in [2.45, 2.75) is 13.0 Å². The molecule has 8 nitrogen and oxygen atoms in total. The maximum atomic E-state index is 11.3. The van der Waals surface area contributed by atoms with Crippen LogP contribution >= 0.6 is 0 Å².